The average Bonchev–Trinajstić information content (AvgIpc) is 2.41. The zero-order chi connectivity index (χ0) is 16.3. The molecule has 0 aliphatic carbocycles. The van der Waals surface area contributed by atoms with E-state index in [1.165, 1.54) is 0 Å². The molecule has 0 aromatic carbocycles. The first-order valence-corrected chi connectivity index (χ1v) is 7.88. The van der Waals surface area contributed by atoms with Crippen LogP contribution >= 0.6 is 11.6 Å². The maximum atomic E-state index is 12.3. The molecular formula is C15H23ClN4O2. The van der Waals surface area contributed by atoms with Crippen molar-refractivity contribution >= 4 is 23.6 Å². The van der Waals surface area contributed by atoms with Gasteiger partial charge in [0.1, 0.15) is 5.60 Å². The van der Waals surface area contributed by atoms with E-state index < -0.39 is 5.60 Å². The first-order valence-electron chi connectivity index (χ1n) is 7.50. The molecule has 1 amide bonds. The number of ether oxygens (including phenoxy) is 1. The van der Waals surface area contributed by atoms with Crippen LogP contribution in [0.1, 0.15) is 40.5 Å². The lowest BCUT2D eigenvalue weighted by molar-refractivity contribution is 0.0103. The molecule has 1 aliphatic rings. The molecule has 7 heteroatoms. The fourth-order valence-corrected chi connectivity index (χ4v) is 2.56. The van der Waals surface area contributed by atoms with Crippen LogP contribution in [0, 0.1) is 0 Å². The van der Waals surface area contributed by atoms with Crippen LogP contribution in [-0.2, 0) is 4.74 Å². The number of hydrogen-bond donors (Lipinski definition) is 1. The number of piperidine rings is 1. The highest BCUT2D eigenvalue weighted by Gasteiger charge is 2.34. The van der Waals surface area contributed by atoms with Crippen molar-refractivity contribution in [1.82, 2.24) is 14.9 Å². The largest absolute Gasteiger partial charge is 0.444 e. The van der Waals surface area contributed by atoms with Gasteiger partial charge in [-0.05, 0) is 40.5 Å². The van der Waals surface area contributed by atoms with Crippen molar-refractivity contribution in [2.24, 2.45) is 0 Å². The van der Waals surface area contributed by atoms with Crippen molar-refractivity contribution in [3.05, 3.63) is 17.4 Å². The number of amides is 1. The summed E-state index contributed by atoms with van der Waals surface area (Å²) in [6.45, 7) is 8.33. The molecular weight excluding hydrogens is 304 g/mol. The number of carbonyl (C=O) groups is 1. The normalized spacial score (nSPS) is 22.3. The van der Waals surface area contributed by atoms with Gasteiger partial charge in [-0.15, -0.1) is 0 Å². The summed E-state index contributed by atoms with van der Waals surface area (Å²) in [5.41, 5.74) is -0.490. The maximum absolute atomic E-state index is 12.3. The Balaban J connectivity index is 2.01. The second kappa shape index (κ2) is 6.69. The lowest BCUT2D eigenvalue weighted by Crippen LogP contribution is -2.53. The van der Waals surface area contributed by atoms with E-state index in [0.717, 1.165) is 12.8 Å². The van der Waals surface area contributed by atoms with Crippen molar-refractivity contribution in [1.29, 1.82) is 0 Å². The number of aromatic nitrogens is 2. The Labute approximate surface area is 136 Å². The summed E-state index contributed by atoms with van der Waals surface area (Å²) in [6.07, 6.45) is 4.69. The standard InChI is InChI=1S/C15H23ClN4O2/c1-10-12(19-13-17-8-11(16)9-18-13)6-5-7-20(10)14(21)22-15(2,3)4/h8-10,12H,5-7H2,1-4H3,(H,17,18,19)/t10-,12+/m1/s1. The number of hydrogen-bond acceptors (Lipinski definition) is 5. The van der Waals surface area contributed by atoms with Crippen LogP contribution in [0.4, 0.5) is 10.7 Å². The average molecular weight is 327 g/mol. The molecule has 1 N–H and O–H groups in total. The third-order valence-electron chi connectivity index (χ3n) is 3.55. The van der Waals surface area contributed by atoms with Crippen LogP contribution in [0.3, 0.4) is 0 Å². The van der Waals surface area contributed by atoms with E-state index in [-0.39, 0.29) is 18.2 Å². The molecule has 0 unspecified atom stereocenters. The third kappa shape index (κ3) is 4.47. The summed E-state index contributed by atoms with van der Waals surface area (Å²) in [4.78, 5) is 22.4. The Bertz CT molecular complexity index is 515. The summed E-state index contributed by atoms with van der Waals surface area (Å²) in [5, 5.41) is 3.77. The molecule has 0 bridgehead atoms. The van der Waals surface area contributed by atoms with E-state index in [9.17, 15) is 4.79 Å². The van der Waals surface area contributed by atoms with Gasteiger partial charge in [0.2, 0.25) is 5.95 Å². The van der Waals surface area contributed by atoms with E-state index in [0.29, 0.717) is 17.5 Å². The number of carbonyl (C=O) groups excluding carboxylic acids is 1. The van der Waals surface area contributed by atoms with Gasteiger partial charge in [0.25, 0.3) is 0 Å². The molecule has 1 fully saturated rings. The molecule has 22 heavy (non-hydrogen) atoms. The smallest absolute Gasteiger partial charge is 0.410 e. The Morgan fingerprint density at radius 3 is 2.64 bits per heavy atom. The Morgan fingerprint density at radius 1 is 1.41 bits per heavy atom. The SMILES string of the molecule is C[C@@H]1[C@@H](Nc2ncc(Cl)cn2)CCCN1C(=O)OC(C)(C)C. The summed E-state index contributed by atoms with van der Waals surface area (Å²) in [7, 11) is 0. The highest BCUT2D eigenvalue weighted by atomic mass is 35.5. The highest BCUT2D eigenvalue weighted by molar-refractivity contribution is 6.30. The van der Waals surface area contributed by atoms with Crippen LogP contribution in [0.2, 0.25) is 5.02 Å². The minimum Gasteiger partial charge on any atom is -0.444 e. The second-order valence-corrected chi connectivity index (χ2v) is 6.97. The zero-order valence-electron chi connectivity index (χ0n) is 13.5. The number of halogens is 1. The minimum absolute atomic E-state index is 0.00266. The Morgan fingerprint density at radius 2 is 2.05 bits per heavy atom. The first kappa shape index (κ1) is 16.8. The Kier molecular flexibility index (Phi) is 5.11. The van der Waals surface area contributed by atoms with Gasteiger partial charge in [0, 0.05) is 12.6 Å². The molecule has 1 aliphatic heterocycles. The predicted octanol–water partition coefficient (Wildman–Crippen LogP) is 3.33. The number of anilines is 1. The van der Waals surface area contributed by atoms with Gasteiger partial charge in [-0.2, -0.15) is 0 Å². The topological polar surface area (TPSA) is 67.4 Å². The van der Waals surface area contributed by atoms with Crippen LogP contribution in [0.25, 0.3) is 0 Å². The van der Waals surface area contributed by atoms with E-state index >= 15 is 0 Å². The highest BCUT2D eigenvalue weighted by Crippen LogP contribution is 2.22. The minimum atomic E-state index is -0.490. The van der Waals surface area contributed by atoms with Gasteiger partial charge in [0.15, 0.2) is 0 Å². The summed E-state index contributed by atoms with van der Waals surface area (Å²) in [6, 6.07) is 0.0883. The maximum Gasteiger partial charge on any atom is 0.410 e. The van der Waals surface area contributed by atoms with E-state index in [4.69, 9.17) is 16.3 Å². The number of nitrogens with zero attached hydrogens (tertiary/aromatic N) is 3. The van der Waals surface area contributed by atoms with Gasteiger partial charge >= 0.3 is 6.09 Å². The molecule has 2 rings (SSSR count). The lowest BCUT2D eigenvalue weighted by Gasteiger charge is -2.40. The van der Waals surface area contributed by atoms with Crippen LogP contribution in [0.5, 0.6) is 0 Å². The molecule has 2 heterocycles. The van der Waals surface area contributed by atoms with Crippen LogP contribution in [0.15, 0.2) is 12.4 Å². The zero-order valence-corrected chi connectivity index (χ0v) is 14.2. The molecule has 1 saturated heterocycles. The van der Waals surface area contributed by atoms with E-state index in [1.54, 1.807) is 17.3 Å². The van der Waals surface area contributed by atoms with Crippen molar-refractivity contribution in [2.45, 2.75) is 58.2 Å². The van der Waals surface area contributed by atoms with Gasteiger partial charge in [-0.1, -0.05) is 11.6 Å². The fourth-order valence-electron chi connectivity index (χ4n) is 2.47. The quantitative estimate of drug-likeness (QED) is 0.903. The summed E-state index contributed by atoms with van der Waals surface area (Å²) in [5.74, 6) is 0.521. The second-order valence-electron chi connectivity index (χ2n) is 6.53. The predicted molar refractivity (Wildman–Crippen MR) is 86.1 cm³/mol. The van der Waals surface area contributed by atoms with Crippen molar-refractivity contribution in [3.8, 4) is 0 Å². The lowest BCUT2D eigenvalue weighted by atomic mass is 9.98. The molecule has 0 saturated carbocycles. The van der Waals surface area contributed by atoms with Gasteiger partial charge in [-0.25, -0.2) is 14.8 Å². The number of likely N-dealkylation sites (tertiary alicyclic amines) is 1. The molecule has 6 nitrogen and oxygen atoms in total. The van der Waals surface area contributed by atoms with Crippen LogP contribution < -0.4 is 5.32 Å². The molecule has 1 aromatic rings. The van der Waals surface area contributed by atoms with Gasteiger partial charge in [0.05, 0.1) is 23.5 Å². The first-order chi connectivity index (χ1) is 10.3. The fraction of sp³-hybridized carbons (Fsp3) is 0.667. The number of rotatable bonds is 2. The number of nitrogens with one attached hydrogen (secondary N) is 1. The van der Waals surface area contributed by atoms with Crippen molar-refractivity contribution in [3.63, 3.8) is 0 Å². The van der Waals surface area contributed by atoms with Gasteiger partial charge in [-0.3, -0.25) is 0 Å². The monoisotopic (exact) mass is 326 g/mol. The Hall–Kier alpha value is -1.56. The van der Waals surface area contributed by atoms with Gasteiger partial charge < -0.3 is 15.0 Å². The molecule has 122 valence electrons. The van der Waals surface area contributed by atoms with E-state index in [1.807, 2.05) is 27.7 Å². The van der Waals surface area contributed by atoms with Crippen molar-refractivity contribution < 1.29 is 9.53 Å². The van der Waals surface area contributed by atoms with Crippen LogP contribution in [-0.4, -0.2) is 45.2 Å². The summed E-state index contributed by atoms with van der Waals surface area (Å²) >= 11 is 5.79. The van der Waals surface area contributed by atoms with Crippen molar-refractivity contribution in [2.75, 3.05) is 11.9 Å². The van der Waals surface area contributed by atoms with E-state index in [2.05, 4.69) is 15.3 Å². The molecule has 1 aromatic heterocycles. The molecule has 0 radical (unpaired) electrons. The molecule has 2 atom stereocenters. The third-order valence-corrected chi connectivity index (χ3v) is 3.75. The molecule has 0 spiro atoms. The summed E-state index contributed by atoms with van der Waals surface area (Å²) < 4.78 is 5.47.